The molecule has 1 aliphatic carbocycles. The van der Waals surface area contributed by atoms with Crippen molar-refractivity contribution < 1.29 is 0 Å². The molecule has 1 aliphatic rings. The molecule has 1 saturated carbocycles. The normalized spacial score (nSPS) is 21.9. The molecule has 124 valence electrons. The van der Waals surface area contributed by atoms with Crippen LogP contribution in [0.2, 0.25) is 0 Å². The van der Waals surface area contributed by atoms with Crippen LogP contribution in [0.3, 0.4) is 0 Å². The first-order chi connectivity index (χ1) is 10.9. The lowest BCUT2D eigenvalue weighted by molar-refractivity contribution is 0.302. The van der Waals surface area contributed by atoms with Gasteiger partial charge < -0.3 is 0 Å². The van der Waals surface area contributed by atoms with E-state index < -0.39 is 0 Å². The lowest BCUT2D eigenvalue weighted by atomic mass is 9.77. The SMILES string of the molecule is CCCCCCCCCCC1CCC(c2ccccc2)CC1. The molecular formula is C22H36. The van der Waals surface area contributed by atoms with Gasteiger partial charge in [0, 0.05) is 0 Å². The van der Waals surface area contributed by atoms with Gasteiger partial charge in [0.1, 0.15) is 0 Å². The predicted molar refractivity (Wildman–Crippen MR) is 98.4 cm³/mol. The second-order valence-electron chi connectivity index (χ2n) is 7.39. The molecule has 0 aromatic heterocycles. The molecule has 0 heterocycles. The Morgan fingerprint density at radius 1 is 0.727 bits per heavy atom. The fourth-order valence-electron chi connectivity index (χ4n) is 4.08. The molecule has 0 atom stereocenters. The summed E-state index contributed by atoms with van der Waals surface area (Å²) in [5, 5.41) is 0. The van der Waals surface area contributed by atoms with Crippen molar-refractivity contribution in [3.05, 3.63) is 35.9 Å². The maximum Gasteiger partial charge on any atom is -0.0162 e. The van der Waals surface area contributed by atoms with E-state index in [-0.39, 0.29) is 0 Å². The van der Waals surface area contributed by atoms with Gasteiger partial charge in [0.2, 0.25) is 0 Å². The van der Waals surface area contributed by atoms with Crippen molar-refractivity contribution in [2.24, 2.45) is 5.92 Å². The summed E-state index contributed by atoms with van der Waals surface area (Å²) >= 11 is 0. The summed E-state index contributed by atoms with van der Waals surface area (Å²) in [5.74, 6) is 1.87. The van der Waals surface area contributed by atoms with Crippen LogP contribution in [0, 0.1) is 5.92 Å². The topological polar surface area (TPSA) is 0 Å². The first-order valence-corrected chi connectivity index (χ1v) is 9.95. The zero-order valence-electron chi connectivity index (χ0n) is 14.7. The minimum absolute atomic E-state index is 0.844. The molecule has 1 aromatic carbocycles. The standard InChI is InChI=1S/C22H36/c1-2-3-4-5-6-7-8-10-13-20-16-18-22(19-17-20)21-14-11-9-12-15-21/h9,11-12,14-15,20,22H,2-8,10,13,16-19H2,1H3. The Morgan fingerprint density at radius 3 is 1.95 bits per heavy atom. The van der Waals surface area contributed by atoms with Gasteiger partial charge in [-0.25, -0.2) is 0 Å². The van der Waals surface area contributed by atoms with E-state index in [4.69, 9.17) is 0 Å². The molecule has 0 radical (unpaired) electrons. The van der Waals surface area contributed by atoms with Crippen molar-refractivity contribution in [3.63, 3.8) is 0 Å². The molecule has 1 aromatic rings. The van der Waals surface area contributed by atoms with E-state index in [9.17, 15) is 0 Å². The molecule has 0 amide bonds. The Morgan fingerprint density at radius 2 is 1.32 bits per heavy atom. The Kier molecular flexibility index (Phi) is 8.68. The first kappa shape index (κ1) is 17.6. The summed E-state index contributed by atoms with van der Waals surface area (Å²) in [6.07, 6.45) is 18.9. The maximum absolute atomic E-state index is 2.32. The van der Waals surface area contributed by atoms with Gasteiger partial charge in [0.15, 0.2) is 0 Å². The van der Waals surface area contributed by atoms with E-state index in [1.165, 1.54) is 83.5 Å². The van der Waals surface area contributed by atoms with Crippen molar-refractivity contribution in [2.45, 2.75) is 96.3 Å². The van der Waals surface area contributed by atoms with E-state index >= 15 is 0 Å². The Labute approximate surface area is 138 Å². The lowest BCUT2D eigenvalue weighted by Gasteiger charge is -2.28. The van der Waals surface area contributed by atoms with E-state index in [1.54, 1.807) is 5.56 Å². The molecule has 0 saturated heterocycles. The molecule has 2 rings (SSSR count). The lowest BCUT2D eigenvalue weighted by Crippen LogP contribution is -2.13. The molecule has 0 bridgehead atoms. The maximum atomic E-state index is 2.32. The number of hydrogen-bond donors (Lipinski definition) is 0. The third kappa shape index (κ3) is 6.55. The van der Waals surface area contributed by atoms with Crippen LogP contribution in [0.1, 0.15) is 102 Å². The van der Waals surface area contributed by atoms with Crippen LogP contribution in [0.25, 0.3) is 0 Å². The predicted octanol–water partition coefficient (Wildman–Crippen LogP) is 7.49. The van der Waals surface area contributed by atoms with E-state index in [0.717, 1.165) is 11.8 Å². The van der Waals surface area contributed by atoms with Gasteiger partial charge in [-0.1, -0.05) is 95.0 Å². The first-order valence-electron chi connectivity index (χ1n) is 9.95. The quantitative estimate of drug-likeness (QED) is 0.393. The highest BCUT2D eigenvalue weighted by molar-refractivity contribution is 5.19. The van der Waals surface area contributed by atoms with Gasteiger partial charge in [-0.05, 0) is 43.1 Å². The van der Waals surface area contributed by atoms with Gasteiger partial charge in [0.25, 0.3) is 0 Å². The molecule has 0 heteroatoms. The summed E-state index contributed by atoms with van der Waals surface area (Å²) in [7, 11) is 0. The van der Waals surface area contributed by atoms with Crippen LogP contribution < -0.4 is 0 Å². The molecule has 0 N–H and O–H groups in total. The van der Waals surface area contributed by atoms with E-state index in [2.05, 4.69) is 37.3 Å². The Hall–Kier alpha value is -0.780. The third-order valence-electron chi connectivity index (χ3n) is 5.58. The summed E-state index contributed by atoms with van der Waals surface area (Å²) in [6.45, 7) is 2.30. The minimum atomic E-state index is 0.844. The average Bonchev–Trinajstić information content (AvgIpc) is 2.59. The van der Waals surface area contributed by atoms with E-state index in [0.29, 0.717) is 0 Å². The van der Waals surface area contributed by atoms with Crippen LogP contribution in [-0.4, -0.2) is 0 Å². The zero-order valence-corrected chi connectivity index (χ0v) is 14.7. The highest BCUT2D eigenvalue weighted by atomic mass is 14.3. The summed E-state index contributed by atoms with van der Waals surface area (Å²) in [4.78, 5) is 0. The smallest absolute Gasteiger partial charge is 0.0162 e. The van der Waals surface area contributed by atoms with Gasteiger partial charge in [0.05, 0.1) is 0 Å². The highest BCUT2D eigenvalue weighted by Gasteiger charge is 2.21. The highest BCUT2D eigenvalue weighted by Crippen LogP contribution is 2.37. The molecule has 22 heavy (non-hydrogen) atoms. The molecule has 0 unspecified atom stereocenters. The molecular weight excluding hydrogens is 264 g/mol. The third-order valence-corrected chi connectivity index (χ3v) is 5.58. The summed E-state index contributed by atoms with van der Waals surface area (Å²) in [6, 6.07) is 11.2. The molecule has 0 aliphatic heterocycles. The van der Waals surface area contributed by atoms with Crippen LogP contribution >= 0.6 is 0 Å². The van der Waals surface area contributed by atoms with Crippen LogP contribution in [0.15, 0.2) is 30.3 Å². The fourth-order valence-corrected chi connectivity index (χ4v) is 4.08. The fraction of sp³-hybridized carbons (Fsp3) is 0.727. The van der Waals surface area contributed by atoms with Crippen molar-refractivity contribution >= 4 is 0 Å². The summed E-state index contributed by atoms with van der Waals surface area (Å²) in [5.41, 5.74) is 1.58. The second-order valence-corrected chi connectivity index (χ2v) is 7.39. The van der Waals surface area contributed by atoms with Crippen molar-refractivity contribution in [1.82, 2.24) is 0 Å². The monoisotopic (exact) mass is 300 g/mol. The number of benzene rings is 1. The van der Waals surface area contributed by atoms with Crippen molar-refractivity contribution in [2.75, 3.05) is 0 Å². The van der Waals surface area contributed by atoms with Gasteiger partial charge in [-0.15, -0.1) is 0 Å². The molecule has 0 nitrogen and oxygen atoms in total. The number of hydrogen-bond acceptors (Lipinski definition) is 0. The van der Waals surface area contributed by atoms with Crippen LogP contribution in [0.5, 0.6) is 0 Å². The molecule has 0 spiro atoms. The average molecular weight is 301 g/mol. The van der Waals surface area contributed by atoms with Gasteiger partial charge in [-0.2, -0.15) is 0 Å². The van der Waals surface area contributed by atoms with Crippen LogP contribution in [-0.2, 0) is 0 Å². The minimum Gasteiger partial charge on any atom is -0.0654 e. The van der Waals surface area contributed by atoms with Crippen molar-refractivity contribution in [1.29, 1.82) is 0 Å². The summed E-state index contributed by atoms with van der Waals surface area (Å²) < 4.78 is 0. The van der Waals surface area contributed by atoms with E-state index in [1.807, 2.05) is 0 Å². The molecule has 1 fully saturated rings. The number of unbranched alkanes of at least 4 members (excludes halogenated alkanes) is 7. The van der Waals surface area contributed by atoms with Gasteiger partial charge in [-0.3, -0.25) is 0 Å². The second kappa shape index (κ2) is 10.9. The zero-order chi connectivity index (χ0) is 15.5. The largest absolute Gasteiger partial charge is 0.0654 e. The Bertz CT molecular complexity index is 359. The van der Waals surface area contributed by atoms with Crippen molar-refractivity contribution in [3.8, 4) is 0 Å². The van der Waals surface area contributed by atoms with Crippen LogP contribution in [0.4, 0.5) is 0 Å². The Balaban J connectivity index is 1.49. The number of rotatable bonds is 10. The van der Waals surface area contributed by atoms with Gasteiger partial charge >= 0.3 is 0 Å².